The van der Waals surface area contributed by atoms with Crippen LogP contribution in [0, 0.1) is 0 Å². The second kappa shape index (κ2) is 5.05. The van der Waals surface area contributed by atoms with Gasteiger partial charge in [-0.05, 0) is 36.4 Å². The Morgan fingerprint density at radius 3 is 2.30 bits per heavy atom. The summed E-state index contributed by atoms with van der Waals surface area (Å²) in [6.07, 6.45) is -1.57. The Morgan fingerprint density at radius 1 is 1.04 bits per heavy atom. The Labute approximate surface area is 127 Å². The molecule has 1 heterocycles. The highest BCUT2D eigenvalue weighted by Crippen LogP contribution is 2.33. The van der Waals surface area contributed by atoms with Crippen molar-refractivity contribution >= 4 is 33.7 Å². The summed E-state index contributed by atoms with van der Waals surface area (Å²) in [5.74, 6) is -7.37. The minimum absolute atomic E-state index is 0.0341. The molecule has 0 bridgehead atoms. The van der Waals surface area contributed by atoms with Crippen molar-refractivity contribution in [1.29, 1.82) is 0 Å². The summed E-state index contributed by atoms with van der Waals surface area (Å²) >= 11 is 0. The van der Waals surface area contributed by atoms with Gasteiger partial charge in [0.1, 0.15) is 23.3 Å². The first-order valence-electron chi connectivity index (χ1n) is 6.57. The molecule has 0 amide bonds. The largest absolute Gasteiger partial charge is 0.508 e. The third kappa shape index (κ3) is 2.61. The number of benzene rings is 2. The number of halogens is 2. The third-order valence-corrected chi connectivity index (χ3v) is 3.42. The number of phenolic OH excluding ortho intramolecular Hbond substituents is 1. The lowest BCUT2D eigenvalue weighted by molar-refractivity contribution is -0.142. The van der Waals surface area contributed by atoms with E-state index in [9.17, 15) is 23.5 Å². The number of aliphatic carboxylic acids is 1. The first kappa shape index (κ1) is 15.0. The maximum absolute atomic E-state index is 13.7. The molecule has 7 heteroatoms. The average Bonchev–Trinajstić information content (AvgIpc) is 2.82. The number of alkyl halides is 2. The molecule has 0 spiro atoms. The molecule has 2 N–H and O–H groups in total. The highest BCUT2D eigenvalue weighted by molar-refractivity contribution is 6.10. The van der Waals surface area contributed by atoms with Crippen LogP contribution in [0.15, 0.2) is 40.8 Å². The van der Waals surface area contributed by atoms with Gasteiger partial charge in [-0.2, -0.15) is 8.78 Å². The number of furan rings is 1. The lowest BCUT2D eigenvalue weighted by atomic mass is 10.0. The standard InChI is InChI=1S/C16H10F2O5/c17-16(18,7-14(20)21)15(22)8-1-3-12-10(5-8)11-6-9(19)2-4-13(11)23-12/h1-6,19H,7H2,(H,20,21). The molecule has 0 saturated carbocycles. The predicted molar refractivity (Wildman–Crippen MR) is 76.9 cm³/mol. The summed E-state index contributed by atoms with van der Waals surface area (Å²) in [6, 6.07) is 8.05. The van der Waals surface area contributed by atoms with E-state index in [0.29, 0.717) is 21.9 Å². The number of carbonyl (C=O) groups excluding carboxylic acids is 1. The fraction of sp³-hybridized carbons (Fsp3) is 0.125. The van der Waals surface area contributed by atoms with E-state index in [1.165, 1.54) is 30.3 Å². The molecule has 5 nitrogen and oxygen atoms in total. The Kier molecular flexibility index (Phi) is 3.28. The van der Waals surface area contributed by atoms with Crippen molar-refractivity contribution in [2.24, 2.45) is 0 Å². The van der Waals surface area contributed by atoms with Crippen LogP contribution in [-0.4, -0.2) is 27.9 Å². The zero-order valence-electron chi connectivity index (χ0n) is 11.5. The van der Waals surface area contributed by atoms with Gasteiger partial charge in [-0.25, -0.2) is 0 Å². The monoisotopic (exact) mass is 320 g/mol. The van der Waals surface area contributed by atoms with Gasteiger partial charge in [0.15, 0.2) is 0 Å². The number of ketones is 1. The van der Waals surface area contributed by atoms with Gasteiger partial charge >= 0.3 is 11.9 Å². The molecule has 23 heavy (non-hydrogen) atoms. The van der Waals surface area contributed by atoms with E-state index in [2.05, 4.69) is 0 Å². The molecular formula is C16H10F2O5. The van der Waals surface area contributed by atoms with Gasteiger partial charge in [-0.1, -0.05) is 0 Å². The van der Waals surface area contributed by atoms with Gasteiger partial charge < -0.3 is 14.6 Å². The van der Waals surface area contributed by atoms with Crippen LogP contribution in [0.1, 0.15) is 16.8 Å². The lowest BCUT2D eigenvalue weighted by Gasteiger charge is -2.12. The van der Waals surface area contributed by atoms with Crippen LogP contribution in [0.3, 0.4) is 0 Å². The number of carbonyl (C=O) groups is 2. The fourth-order valence-corrected chi connectivity index (χ4v) is 2.39. The molecule has 0 saturated heterocycles. The molecule has 2 aromatic carbocycles. The molecule has 0 unspecified atom stereocenters. The van der Waals surface area contributed by atoms with Crippen molar-refractivity contribution in [2.75, 3.05) is 0 Å². The third-order valence-electron chi connectivity index (χ3n) is 3.42. The van der Waals surface area contributed by atoms with Gasteiger partial charge in [-0.3, -0.25) is 9.59 Å². The van der Waals surface area contributed by atoms with Crippen LogP contribution >= 0.6 is 0 Å². The van der Waals surface area contributed by atoms with E-state index in [-0.39, 0.29) is 11.3 Å². The molecule has 0 radical (unpaired) electrons. The molecule has 0 atom stereocenters. The first-order valence-corrected chi connectivity index (χ1v) is 6.57. The van der Waals surface area contributed by atoms with Gasteiger partial charge in [-0.15, -0.1) is 0 Å². The summed E-state index contributed by atoms with van der Waals surface area (Å²) in [7, 11) is 0. The number of aromatic hydroxyl groups is 1. The molecule has 0 fully saturated rings. The Morgan fingerprint density at radius 2 is 1.65 bits per heavy atom. The molecule has 0 aliphatic heterocycles. The van der Waals surface area contributed by atoms with Crippen molar-refractivity contribution in [1.82, 2.24) is 0 Å². The zero-order valence-corrected chi connectivity index (χ0v) is 11.5. The highest BCUT2D eigenvalue weighted by atomic mass is 19.3. The van der Waals surface area contributed by atoms with Crippen LogP contribution in [-0.2, 0) is 4.79 Å². The summed E-state index contributed by atoms with van der Waals surface area (Å²) < 4.78 is 32.8. The smallest absolute Gasteiger partial charge is 0.320 e. The average molecular weight is 320 g/mol. The van der Waals surface area contributed by atoms with Gasteiger partial charge in [0, 0.05) is 16.3 Å². The van der Waals surface area contributed by atoms with Crippen LogP contribution in [0.25, 0.3) is 21.9 Å². The number of carboxylic acids is 1. The van der Waals surface area contributed by atoms with E-state index >= 15 is 0 Å². The van der Waals surface area contributed by atoms with Crippen LogP contribution in [0.5, 0.6) is 5.75 Å². The highest BCUT2D eigenvalue weighted by Gasteiger charge is 2.41. The lowest BCUT2D eigenvalue weighted by Crippen LogP contribution is -2.31. The fourth-order valence-electron chi connectivity index (χ4n) is 2.39. The zero-order chi connectivity index (χ0) is 16.8. The van der Waals surface area contributed by atoms with Crippen LogP contribution < -0.4 is 0 Å². The number of carboxylic acid groups (broad SMARTS) is 1. The summed E-state index contributed by atoms with van der Waals surface area (Å²) in [6.45, 7) is 0. The van der Waals surface area contributed by atoms with E-state index in [1.54, 1.807) is 0 Å². The first-order chi connectivity index (χ1) is 10.8. The van der Waals surface area contributed by atoms with E-state index in [1.807, 2.05) is 0 Å². The molecule has 0 aliphatic carbocycles. The number of Topliss-reactive ketones (excluding diaryl/α,β-unsaturated/α-hetero) is 1. The topological polar surface area (TPSA) is 87.7 Å². The van der Waals surface area contributed by atoms with Crippen LogP contribution in [0.4, 0.5) is 8.78 Å². The quantitative estimate of drug-likeness (QED) is 0.717. The second-order valence-corrected chi connectivity index (χ2v) is 5.10. The van der Waals surface area contributed by atoms with Crippen molar-refractivity contribution < 1.29 is 33.0 Å². The van der Waals surface area contributed by atoms with Crippen molar-refractivity contribution in [2.45, 2.75) is 12.3 Å². The van der Waals surface area contributed by atoms with Crippen LogP contribution in [0.2, 0.25) is 0 Å². The minimum atomic E-state index is -4.00. The Balaban J connectivity index is 2.12. The van der Waals surface area contributed by atoms with E-state index < -0.39 is 24.1 Å². The van der Waals surface area contributed by atoms with Gasteiger partial charge in [0.2, 0.25) is 5.78 Å². The summed E-state index contributed by atoms with van der Waals surface area (Å²) in [5, 5.41) is 18.9. The molecule has 3 rings (SSSR count). The number of hydrogen-bond donors (Lipinski definition) is 2. The van der Waals surface area contributed by atoms with Gasteiger partial charge in [0.05, 0.1) is 0 Å². The Hall–Kier alpha value is -2.96. The maximum Gasteiger partial charge on any atom is 0.320 e. The van der Waals surface area contributed by atoms with Gasteiger partial charge in [0.25, 0.3) is 0 Å². The van der Waals surface area contributed by atoms with E-state index in [0.717, 1.165) is 6.07 Å². The number of phenols is 1. The normalized spacial score (nSPS) is 11.9. The summed E-state index contributed by atoms with van der Waals surface area (Å²) in [4.78, 5) is 22.3. The van der Waals surface area contributed by atoms with Crippen molar-refractivity contribution in [3.8, 4) is 5.75 Å². The van der Waals surface area contributed by atoms with E-state index in [4.69, 9.17) is 9.52 Å². The summed E-state index contributed by atoms with van der Waals surface area (Å²) in [5.41, 5.74) is 0.471. The molecule has 118 valence electrons. The van der Waals surface area contributed by atoms with Crippen molar-refractivity contribution in [3.05, 3.63) is 42.0 Å². The predicted octanol–water partition coefficient (Wildman–Crippen LogP) is 3.58. The number of rotatable bonds is 4. The minimum Gasteiger partial charge on any atom is -0.508 e. The molecule has 3 aromatic rings. The maximum atomic E-state index is 13.7. The van der Waals surface area contributed by atoms with Crippen molar-refractivity contribution in [3.63, 3.8) is 0 Å². The molecular weight excluding hydrogens is 310 g/mol. The SMILES string of the molecule is O=C(O)CC(F)(F)C(=O)c1ccc2oc3ccc(O)cc3c2c1. The molecule has 1 aromatic heterocycles. The Bertz CT molecular complexity index is 942. The number of fused-ring (bicyclic) bond motifs is 3. The molecule has 0 aliphatic rings. The number of hydrogen-bond acceptors (Lipinski definition) is 4. The second-order valence-electron chi connectivity index (χ2n) is 5.10.